The molecule has 1 aliphatic rings. The third kappa shape index (κ3) is 4.64. The molecule has 1 heterocycles. The Morgan fingerprint density at radius 3 is 2.81 bits per heavy atom. The molecule has 2 nitrogen and oxygen atoms in total. The van der Waals surface area contributed by atoms with Crippen molar-refractivity contribution in [2.24, 2.45) is 5.92 Å². The Hall–Kier alpha value is 0.270. The third-order valence-corrected chi connectivity index (χ3v) is 4.46. The molecule has 0 spiro atoms. The molecule has 1 saturated heterocycles. The molecule has 1 rings (SSSR count). The van der Waals surface area contributed by atoms with Gasteiger partial charge in [-0.2, -0.15) is 11.8 Å². The molecule has 0 radical (unpaired) electrons. The Bertz CT molecular complexity index is 187. The van der Waals surface area contributed by atoms with Crippen molar-refractivity contribution in [2.45, 2.75) is 45.2 Å². The van der Waals surface area contributed by atoms with E-state index in [1.807, 2.05) is 11.8 Å². The number of hydrogen-bond donors (Lipinski definition) is 1. The summed E-state index contributed by atoms with van der Waals surface area (Å²) in [7, 11) is 2.25. The number of likely N-dealkylation sites (tertiary alicyclic amines) is 1. The Labute approximate surface area is 106 Å². The van der Waals surface area contributed by atoms with E-state index in [4.69, 9.17) is 0 Å². The van der Waals surface area contributed by atoms with E-state index < -0.39 is 0 Å². The second kappa shape index (κ2) is 7.57. The van der Waals surface area contributed by atoms with E-state index in [9.17, 15) is 0 Å². The number of nitrogens with one attached hydrogen (secondary N) is 1. The van der Waals surface area contributed by atoms with Crippen molar-refractivity contribution in [2.75, 3.05) is 32.1 Å². The quantitative estimate of drug-likeness (QED) is 0.772. The number of hydrogen-bond acceptors (Lipinski definition) is 3. The van der Waals surface area contributed by atoms with Gasteiger partial charge in [-0.15, -0.1) is 0 Å². The van der Waals surface area contributed by atoms with E-state index in [-0.39, 0.29) is 0 Å². The molecular formula is C13H28N2S. The third-order valence-electron chi connectivity index (χ3n) is 3.73. The van der Waals surface area contributed by atoms with Crippen molar-refractivity contribution in [1.82, 2.24) is 10.2 Å². The molecule has 16 heavy (non-hydrogen) atoms. The fourth-order valence-corrected chi connectivity index (χ4v) is 3.34. The van der Waals surface area contributed by atoms with E-state index in [0.29, 0.717) is 12.1 Å². The molecule has 0 aromatic heterocycles. The Balaban J connectivity index is 2.34. The van der Waals surface area contributed by atoms with Gasteiger partial charge in [0.2, 0.25) is 0 Å². The minimum Gasteiger partial charge on any atom is -0.310 e. The second-order valence-corrected chi connectivity index (χ2v) is 6.09. The maximum absolute atomic E-state index is 3.81. The summed E-state index contributed by atoms with van der Waals surface area (Å²) in [5, 5.41) is 3.81. The molecular weight excluding hydrogens is 216 g/mol. The summed E-state index contributed by atoms with van der Waals surface area (Å²) < 4.78 is 0. The first kappa shape index (κ1) is 14.3. The van der Waals surface area contributed by atoms with Crippen LogP contribution in [0.4, 0.5) is 0 Å². The lowest BCUT2D eigenvalue weighted by atomic mass is 9.91. The van der Waals surface area contributed by atoms with Crippen molar-refractivity contribution in [3.05, 3.63) is 0 Å². The van der Waals surface area contributed by atoms with Crippen molar-refractivity contribution < 1.29 is 0 Å². The number of rotatable bonds is 6. The minimum absolute atomic E-state index is 0.667. The van der Waals surface area contributed by atoms with Gasteiger partial charge in [0.1, 0.15) is 0 Å². The molecule has 3 atom stereocenters. The molecule has 0 amide bonds. The van der Waals surface area contributed by atoms with Gasteiger partial charge >= 0.3 is 0 Å². The van der Waals surface area contributed by atoms with Gasteiger partial charge in [0.15, 0.2) is 0 Å². The first-order valence-corrected chi connectivity index (χ1v) is 8.00. The van der Waals surface area contributed by atoms with Crippen LogP contribution in [0.1, 0.15) is 33.1 Å². The fourth-order valence-electron chi connectivity index (χ4n) is 2.61. The van der Waals surface area contributed by atoms with E-state index in [1.165, 1.54) is 38.1 Å². The standard InChI is InChI=1S/C13H28N2S/c1-5-13(10-16-4)14-11(2)12-7-6-8-15(3)9-12/h11-14H,5-10H2,1-4H3. The van der Waals surface area contributed by atoms with Gasteiger partial charge in [-0.25, -0.2) is 0 Å². The predicted molar refractivity (Wildman–Crippen MR) is 75.3 cm³/mol. The van der Waals surface area contributed by atoms with Gasteiger partial charge in [-0.1, -0.05) is 6.92 Å². The van der Waals surface area contributed by atoms with Crippen LogP contribution in [0.2, 0.25) is 0 Å². The van der Waals surface area contributed by atoms with Gasteiger partial charge in [-0.05, 0) is 52.0 Å². The summed E-state index contributed by atoms with van der Waals surface area (Å²) in [4.78, 5) is 2.47. The average molecular weight is 244 g/mol. The van der Waals surface area contributed by atoms with Crippen LogP contribution in [0, 0.1) is 5.92 Å². The number of nitrogens with zero attached hydrogens (tertiary/aromatic N) is 1. The van der Waals surface area contributed by atoms with Gasteiger partial charge in [0.25, 0.3) is 0 Å². The summed E-state index contributed by atoms with van der Waals surface area (Å²) in [5.41, 5.74) is 0. The number of thioether (sulfide) groups is 1. The van der Waals surface area contributed by atoms with Gasteiger partial charge in [0, 0.05) is 24.4 Å². The largest absolute Gasteiger partial charge is 0.310 e. The molecule has 3 heteroatoms. The Morgan fingerprint density at radius 1 is 1.50 bits per heavy atom. The SMILES string of the molecule is CCC(CSC)NC(C)C1CCCN(C)C1. The van der Waals surface area contributed by atoms with Gasteiger partial charge in [0.05, 0.1) is 0 Å². The zero-order valence-electron chi connectivity index (χ0n) is 11.3. The Morgan fingerprint density at radius 2 is 2.25 bits per heavy atom. The van der Waals surface area contributed by atoms with Crippen LogP contribution in [0.3, 0.4) is 0 Å². The molecule has 1 fully saturated rings. The highest BCUT2D eigenvalue weighted by molar-refractivity contribution is 7.98. The monoisotopic (exact) mass is 244 g/mol. The maximum atomic E-state index is 3.81. The zero-order valence-corrected chi connectivity index (χ0v) is 12.1. The van der Waals surface area contributed by atoms with Crippen molar-refractivity contribution in [1.29, 1.82) is 0 Å². The normalized spacial score (nSPS) is 26.6. The number of piperidine rings is 1. The lowest BCUT2D eigenvalue weighted by molar-refractivity contribution is 0.174. The molecule has 3 unspecified atom stereocenters. The summed E-state index contributed by atoms with van der Waals surface area (Å²) in [5.74, 6) is 2.08. The summed E-state index contributed by atoms with van der Waals surface area (Å²) >= 11 is 1.95. The van der Waals surface area contributed by atoms with E-state index in [2.05, 4.69) is 37.4 Å². The average Bonchev–Trinajstić information content (AvgIpc) is 2.28. The first-order chi connectivity index (χ1) is 7.67. The van der Waals surface area contributed by atoms with Crippen LogP contribution >= 0.6 is 11.8 Å². The highest BCUT2D eigenvalue weighted by atomic mass is 32.2. The highest BCUT2D eigenvalue weighted by Gasteiger charge is 2.23. The lowest BCUT2D eigenvalue weighted by Gasteiger charge is -2.35. The van der Waals surface area contributed by atoms with E-state index >= 15 is 0 Å². The fraction of sp³-hybridized carbons (Fsp3) is 1.00. The van der Waals surface area contributed by atoms with Gasteiger partial charge in [-0.3, -0.25) is 0 Å². The van der Waals surface area contributed by atoms with Crippen molar-refractivity contribution >= 4 is 11.8 Å². The second-order valence-electron chi connectivity index (χ2n) is 5.18. The minimum atomic E-state index is 0.667. The molecule has 0 aliphatic carbocycles. The first-order valence-electron chi connectivity index (χ1n) is 6.60. The maximum Gasteiger partial charge on any atom is 0.0158 e. The molecule has 1 N–H and O–H groups in total. The van der Waals surface area contributed by atoms with Crippen LogP contribution in [0.25, 0.3) is 0 Å². The molecule has 0 aromatic carbocycles. The van der Waals surface area contributed by atoms with Crippen LogP contribution < -0.4 is 5.32 Å². The summed E-state index contributed by atoms with van der Waals surface area (Å²) in [6.45, 7) is 7.20. The van der Waals surface area contributed by atoms with Crippen LogP contribution in [-0.2, 0) is 0 Å². The zero-order chi connectivity index (χ0) is 12.0. The molecule has 0 aromatic rings. The molecule has 1 aliphatic heterocycles. The topological polar surface area (TPSA) is 15.3 Å². The highest BCUT2D eigenvalue weighted by Crippen LogP contribution is 2.19. The Kier molecular flexibility index (Phi) is 6.78. The van der Waals surface area contributed by atoms with Crippen LogP contribution in [0.15, 0.2) is 0 Å². The predicted octanol–water partition coefficient (Wildman–Crippen LogP) is 2.45. The van der Waals surface area contributed by atoms with Crippen molar-refractivity contribution in [3.8, 4) is 0 Å². The smallest absolute Gasteiger partial charge is 0.0158 e. The summed E-state index contributed by atoms with van der Waals surface area (Å²) in [6, 6.07) is 1.36. The van der Waals surface area contributed by atoms with Crippen LogP contribution in [-0.4, -0.2) is 49.1 Å². The van der Waals surface area contributed by atoms with Crippen LogP contribution in [0.5, 0.6) is 0 Å². The molecule has 0 saturated carbocycles. The van der Waals surface area contributed by atoms with E-state index in [1.54, 1.807) is 0 Å². The lowest BCUT2D eigenvalue weighted by Crippen LogP contribution is -2.47. The molecule has 96 valence electrons. The summed E-state index contributed by atoms with van der Waals surface area (Å²) in [6.07, 6.45) is 6.21. The molecule has 0 bridgehead atoms. The van der Waals surface area contributed by atoms with E-state index in [0.717, 1.165) is 5.92 Å². The van der Waals surface area contributed by atoms with Crippen molar-refractivity contribution in [3.63, 3.8) is 0 Å². The van der Waals surface area contributed by atoms with Gasteiger partial charge < -0.3 is 10.2 Å².